The average molecular weight is 327 g/mol. The number of nitrogens with zero attached hydrogens (tertiary/aromatic N) is 3. The number of rotatable bonds is 6. The number of carbonyl (C=O) groups is 2. The van der Waals surface area contributed by atoms with E-state index < -0.39 is 17.9 Å². The molecule has 0 radical (unpaired) electrons. The summed E-state index contributed by atoms with van der Waals surface area (Å²) >= 11 is 0. The summed E-state index contributed by atoms with van der Waals surface area (Å²) in [7, 11) is 0. The quantitative estimate of drug-likeness (QED) is 0.883. The highest BCUT2D eigenvalue weighted by molar-refractivity contribution is 5.81. The highest BCUT2D eigenvalue weighted by atomic mass is 16.4. The monoisotopic (exact) mass is 327 g/mol. The second-order valence-electron chi connectivity index (χ2n) is 6.05. The molecular weight excluding hydrogens is 306 g/mol. The molecule has 1 saturated heterocycles. The Morgan fingerprint density at radius 1 is 1.21 bits per heavy atom. The summed E-state index contributed by atoms with van der Waals surface area (Å²) in [6.07, 6.45) is 5.03. The van der Waals surface area contributed by atoms with Crippen molar-refractivity contribution in [2.75, 3.05) is 6.54 Å². The van der Waals surface area contributed by atoms with E-state index in [1.807, 2.05) is 47.3 Å². The zero-order chi connectivity index (χ0) is 16.9. The highest BCUT2D eigenvalue weighted by Gasteiger charge is 2.40. The Hall–Kier alpha value is -2.63. The lowest BCUT2D eigenvalue weighted by molar-refractivity contribution is -0.152. The fraction of sp³-hybridized carbons (Fsp3) is 0.389. The first-order valence-electron chi connectivity index (χ1n) is 8.21. The zero-order valence-electron chi connectivity index (χ0n) is 13.4. The molecule has 2 aromatic rings. The first kappa shape index (κ1) is 16.2. The number of aliphatic carboxylic acids is 1. The van der Waals surface area contributed by atoms with E-state index in [0.717, 1.165) is 12.0 Å². The van der Waals surface area contributed by atoms with Gasteiger partial charge in [0.25, 0.3) is 0 Å². The zero-order valence-corrected chi connectivity index (χ0v) is 13.4. The molecule has 1 aliphatic rings. The number of carboxylic acid groups (broad SMARTS) is 1. The van der Waals surface area contributed by atoms with Gasteiger partial charge in [-0.05, 0) is 24.5 Å². The molecule has 0 bridgehead atoms. The maximum absolute atomic E-state index is 12.4. The second kappa shape index (κ2) is 7.29. The van der Waals surface area contributed by atoms with Crippen molar-refractivity contribution in [2.45, 2.75) is 31.8 Å². The van der Waals surface area contributed by atoms with E-state index in [1.54, 1.807) is 11.1 Å². The lowest BCUT2D eigenvalue weighted by atomic mass is 9.84. The number of amides is 1. The molecule has 1 amide bonds. The van der Waals surface area contributed by atoms with Crippen LogP contribution in [-0.4, -0.2) is 38.2 Å². The Kier molecular flexibility index (Phi) is 4.93. The van der Waals surface area contributed by atoms with Crippen LogP contribution in [0.5, 0.6) is 0 Å². The number of carboxylic acids is 1. The van der Waals surface area contributed by atoms with Crippen LogP contribution in [0, 0.1) is 5.92 Å². The summed E-state index contributed by atoms with van der Waals surface area (Å²) in [5.74, 6) is -1.37. The minimum Gasteiger partial charge on any atom is -0.481 e. The third-order valence-electron chi connectivity index (χ3n) is 4.51. The van der Waals surface area contributed by atoms with E-state index >= 15 is 0 Å². The molecule has 0 spiro atoms. The Balaban J connectivity index is 1.78. The summed E-state index contributed by atoms with van der Waals surface area (Å²) in [5.41, 5.74) is 0.886. The summed E-state index contributed by atoms with van der Waals surface area (Å²) in [6.45, 7) is 1.23. The Labute approximate surface area is 140 Å². The first-order chi connectivity index (χ1) is 11.7. The standard InChI is InChI=1S/C18H21N3O3/c22-16-9-8-15(18(23)24)17(14-6-2-1-3-7-14)21(16)13-5-12-20-11-4-10-19-20/h1-4,6-7,10-11,15,17H,5,8-9,12-13H2,(H,23,24)/t15-,17-/m1/s1. The van der Waals surface area contributed by atoms with E-state index in [0.29, 0.717) is 25.9 Å². The van der Waals surface area contributed by atoms with Crippen LogP contribution >= 0.6 is 0 Å². The van der Waals surface area contributed by atoms with Crippen molar-refractivity contribution in [3.8, 4) is 0 Å². The van der Waals surface area contributed by atoms with Gasteiger partial charge in [-0.2, -0.15) is 5.10 Å². The molecular formula is C18H21N3O3. The number of aryl methyl sites for hydroxylation is 1. The lowest BCUT2D eigenvalue weighted by Gasteiger charge is -2.40. The molecule has 6 nitrogen and oxygen atoms in total. The van der Waals surface area contributed by atoms with E-state index in [-0.39, 0.29) is 5.91 Å². The van der Waals surface area contributed by atoms with Gasteiger partial charge in [-0.25, -0.2) is 0 Å². The van der Waals surface area contributed by atoms with Crippen LogP contribution in [-0.2, 0) is 16.1 Å². The van der Waals surface area contributed by atoms with Crippen LogP contribution in [0.4, 0.5) is 0 Å². The minimum atomic E-state index is -0.839. The van der Waals surface area contributed by atoms with E-state index in [4.69, 9.17) is 0 Å². The van der Waals surface area contributed by atoms with Crippen LogP contribution < -0.4 is 0 Å². The molecule has 24 heavy (non-hydrogen) atoms. The topological polar surface area (TPSA) is 75.4 Å². The molecule has 0 unspecified atom stereocenters. The molecule has 1 aromatic carbocycles. The van der Waals surface area contributed by atoms with Crippen LogP contribution in [0.15, 0.2) is 48.8 Å². The predicted octanol–water partition coefficient (Wildman–Crippen LogP) is 2.34. The van der Waals surface area contributed by atoms with Crippen molar-refractivity contribution in [1.82, 2.24) is 14.7 Å². The molecule has 1 fully saturated rings. The number of likely N-dealkylation sites (tertiary alicyclic amines) is 1. The maximum atomic E-state index is 12.4. The van der Waals surface area contributed by atoms with Gasteiger partial charge >= 0.3 is 5.97 Å². The first-order valence-corrected chi connectivity index (χ1v) is 8.21. The Morgan fingerprint density at radius 2 is 2.00 bits per heavy atom. The number of benzene rings is 1. The second-order valence-corrected chi connectivity index (χ2v) is 6.05. The SMILES string of the molecule is O=C(O)[C@@H]1CCC(=O)N(CCCn2cccn2)[C@@H]1c1ccccc1. The average Bonchev–Trinajstić information content (AvgIpc) is 3.10. The predicted molar refractivity (Wildman–Crippen MR) is 88.1 cm³/mol. The van der Waals surface area contributed by atoms with Gasteiger partial charge in [0.2, 0.25) is 5.91 Å². The normalized spacial score (nSPS) is 21.0. The summed E-state index contributed by atoms with van der Waals surface area (Å²) < 4.78 is 1.82. The molecule has 1 aliphatic heterocycles. The maximum Gasteiger partial charge on any atom is 0.308 e. The van der Waals surface area contributed by atoms with Crippen molar-refractivity contribution in [2.24, 2.45) is 5.92 Å². The fourth-order valence-electron chi connectivity index (χ4n) is 3.37. The van der Waals surface area contributed by atoms with Crippen molar-refractivity contribution >= 4 is 11.9 Å². The number of aromatic nitrogens is 2. The number of hydrogen-bond acceptors (Lipinski definition) is 3. The summed E-state index contributed by atoms with van der Waals surface area (Å²) in [5, 5.41) is 13.8. The summed E-state index contributed by atoms with van der Waals surface area (Å²) in [6, 6.07) is 10.9. The number of carbonyl (C=O) groups excluding carboxylic acids is 1. The lowest BCUT2D eigenvalue weighted by Crippen LogP contribution is -2.45. The van der Waals surface area contributed by atoms with E-state index in [1.165, 1.54) is 0 Å². The molecule has 2 atom stereocenters. The van der Waals surface area contributed by atoms with Crippen molar-refractivity contribution < 1.29 is 14.7 Å². The van der Waals surface area contributed by atoms with Gasteiger partial charge in [0, 0.05) is 31.9 Å². The summed E-state index contributed by atoms with van der Waals surface area (Å²) in [4.78, 5) is 25.9. The Morgan fingerprint density at radius 3 is 2.67 bits per heavy atom. The van der Waals surface area contributed by atoms with Crippen molar-refractivity contribution in [3.63, 3.8) is 0 Å². The van der Waals surface area contributed by atoms with Crippen LogP contribution in [0.25, 0.3) is 0 Å². The molecule has 3 rings (SSSR count). The molecule has 0 aliphatic carbocycles. The Bertz CT molecular complexity index is 685. The molecule has 1 aromatic heterocycles. The largest absolute Gasteiger partial charge is 0.481 e. The van der Waals surface area contributed by atoms with Gasteiger partial charge < -0.3 is 10.0 Å². The smallest absolute Gasteiger partial charge is 0.308 e. The fourth-order valence-corrected chi connectivity index (χ4v) is 3.37. The van der Waals surface area contributed by atoms with Gasteiger partial charge in [0.05, 0.1) is 12.0 Å². The van der Waals surface area contributed by atoms with Crippen LogP contribution in [0.1, 0.15) is 30.9 Å². The van der Waals surface area contributed by atoms with Crippen LogP contribution in [0.3, 0.4) is 0 Å². The molecule has 6 heteroatoms. The third-order valence-corrected chi connectivity index (χ3v) is 4.51. The number of piperidine rings is 1. The van der Waals surface area contributed by atoms with Crippen LogP contribution in [0.2, 0.25) is 0 Å². The van der Waals surface area contributed by atoms with Gasteiger partial charge in [-0.3, -0.25) is 14.3 Å². The third kappa shape index (κ3) is 3.48. The van der Waals surface area contributed by atoms with Gasteiger partial charge in [-0.1, -0.05) is 30.3 Å². The van der Waals surface area contributed by atoms with Gasteiger partial charge in [0.15, 0.2) is 0 Å². The highest BCUT2D eigenvalue weighted by Crippen LogP contribution is 2.36. The van der Waals surface area contributed by atoms with Gasteiger partial charge in [-0.15, -0.1) is 0 Å². The molecule has 126 valence electrons. The molecule has 0 saturated carbocycles. The van der Waals surface area contributed by atoms with Crippen molar-refractivity contribution in [1.29, 1.82) is 0 Å². The van der Waals surface area contributed by atoms with Crippen molar-refractivity contribution in [3.05, 3.63) is 54.4 Å². The minimum absolute atomic E-state index is 0.0295. The van der Waals surface area contributed by atoms with Gasteiger partial charge in [0.1, 0.15) is 0 Å². The molecule has 1 N–H and O–H groups in total. The molecule has 2 heterocycles. The van der Waals surface area contributed by atoms with E-state index in [2.05, 4.69) is 5.10 Å². The number of hydrogen-bond donors (Lipinski definition) is 1. The van der Waals surface area contributed by atoms with E-state index in [9.17, 15) is 14.7 Å².